The first-order chi connectivity index (χ1) is 9.69. The standard InChI is InChI=1S/C17H23NO2/c1-13-7-6-10-15(11-13)18-16(17(19)20-2)12-14-8-4-3-5-9-14/h3-5,8-9,13,16H,6-7,10-12H2,1-2H3/t13-,16+/m1/s1. The van der Waals surface area contributed by atoms with E-state index in [0.717, 1.165) is 18.4 Å². The molecule has 1 saturated carbocycles. The van der Waals surface area contributed by atoms with Crippen LogP contribution in [-0.4, -0.2) is 24.8 Å². The van der Waals surface area contributed by atoms with E-state index in [2.05, 4.69) is 6.92 Å². The highest BCUT2D eigenvalue weighted by atomic mass is 16.5. The fourth-order valence-electron chi connectivity index (χ4n) is 2.75. The number of nitrogens with zero attached hydrogens (tertiary/aromatic N) is 1. The van der Waals surface area contributed by atoms with Gasteiger partial charge >= 0.3 is 5.97 Å². The topological polar surface area (TPSA) is 38.7 Å². The molecule has 0 unspecified atom stereocenters. The number of esters is 1. The molecule has 3 nitrogen and oxygen atoms in total. The van der Waals surface area contributed by atoms with Crippen molar-refractivity contribution < 1.29 is 9.53 Å². The minimum Gasteiger partial charge on any atom is -0.467 e. The van der Waals surface area contributed by atoms with Crippen molar-refractivity contribution in [3.63, 3.8) is 0 Å². The molecule has 0 aromatic heterocycles. The maximum Gasteiger partial charge on any atom is 0.330 e. The molecule has 0 N–H and O–H groups in total. The second-order valence-electron chi connectivity index (χ2n) is 5.63. The number of carbonyl (C=O) groups excluding carboxylic acids is 1. The fraction of sp³-hybridized carbons (Fsp3) is 0.529. The predicted octanol–water partition coefficient (Wildman–Crippen LogP) is 3.42. The van der Waals surface area contributed by atoms with Crippen molar-refractivity contribution in [3.8, 4) is 0 Å². The van der Waals surface area contributed by atoms with Gasteiger partial charge in [0.1, 0.15) is 0 Å². The Hall–Kier alpha value is -1.64. The van der Waals surface area contributed by atoms with E-state index in [9.17, 15) is 4.79 Å². The average molecular weight is 273 g/mol. The van der Waals surface area contributed by atoms with Crippen LogP contribution in [-0.2, 0) is 16.0 Å². The van der Waals surface area contributed by atoms with Gasteiger partial charge in [-0.1, -0.05) is 37.3 Å². The lowest BCUT2D eigenvalue weighted by atomic mass is 9.89. The Balaban J connectivity index is 2.11. The summed E-state index contributed by atoms with van der Waals surface area (Å²) in [6.45, 7) is 2.25. The minimum absolute atomic E-state index is 0.237. The predicted molar refractivity (Wildman–Crippen MR) is 81.0 cm³/mol. The van der Waals surface area contributed by atoms with Crippen LogP contribution in [0.5, 0.6) is 0 Å². The van der Waals surface area contributed by atoms with Crippen LogP contribution in [0.25, 0.3) is 0 Å². The molecule has 0 saturated heterocycles. The van der Waals surface area contributed by atoms with E-state index < -0.39 is 6.04 Å². The summed E-state index contributed by atoms with van der Waals surface area (Å²) >= 11 is 0. The maximum atomic E-state index is 11.9. The zero-order valence-electron chi connectivity index (χ0n) is 12.3. The Bertz CT molecular complexity index is 467. The summed E-state index contributed by atoms with van der Waals surface area (Å²) in [6.07, 6.45) is 5.10. The van der Waals surface area contributed by atoms with Crippen molar-refractivity contribution >= 4 is 11.7 Å². The highest BCUT2D eigenvalue weighted by Gasteiger charge is 2.21. The summed E-state index contributed by atoms with van der Waals surface area (Å²) in [5, 5.41) is 0. The second-order valence-corrected chi connectivity index (χ2v) is 5.63. The van der Waals surface area contributed by atoms with Crippen molar-refractivity contribution in [2.75, 3.05) is 7.11 Å². The summed E-state index contributed by atoms with van der Waals surface area (Å²) in [5.74, 6) is 0.442. The van der Waals surface area contributed by atoms with Gasteiger partial charge in [0, 0.05) is 12.1 Å². The van der Waals surface area contributed by atoms with Gasteiger partial charge in [0.15, 0.2) is 6.04 Å². The molecule has 3 heteroatoms. The quantitative estimate of drug-likeness (QED) is 0.788. The van der Waals surface area contributed by atoms with E-state index in [-0.39, 0.29) is 5.97 Å². The molecule has 0 radical (unpaired) electrons. The van der Waals surface area contributed by atoms with Crippen LogP contribution in [0.4, 0.5) is 0 Å². The van der Waals surface area contributed by atoms with Crippen molar-refractivity contribution in [2.24, 2.45) is 10.9 Å². The summed E-state index contributed by atoms with van der Waals surface area (Å²) in [4.78, 5) is 16.6. The van der Waals surface area contributed by atoms with Gasteiger partial charge in [-0.2, -0.15) is 0 Å². The van der Waals surface area contributed by atoms with Crippen molar-refractivity contribution in [3.05, 3.63) is 35.9 Å². The third kappa shape index (κ3) is 4.19. The summed E-state index contributed by atoms with van der Waals surface area (Å²) < 4.78 is 4.91. The molecular weight excluding hydrogens is 250 g/mol. The molecule has 0 amide bonds. The zero-order valence-corrected chi connectivity index (χ0v) is 12.3. The van der Waals surface area contributed by atoms with E-state index in [4.69, 9.17) is 9.73 Å². The van der Waals surface area contributed by atoms with Crippen LogP contribution in [0.3, 0.4) is 0 Å². The Kier molecular flexibility index (Phi) is 5.33. The summed E-state index contributed by atoms with van der Waals surface area (Å²) in [5.41, 5.74) is 2.30. The van der Waals surface area contributed by atoms with Gasteiger partial charge in [-0.25, -0.2) is 4.79 Å². The van der Waals surface area contributed by atoms with Crippen LogP contribution in [0.15, 0.2) is 35.3 Å². The van der Waals surface area contributed by atoms with Gasteiger partial charge in [0.25, 0.3) is 0 Å². The lowest BCUT2D eigenvalue weighted by Gasteiger charge is -2.21. The first-order valence-corrected chi connectivity index (χ1v) is 7.36. The molecule has 2 atom stereocenters. The molecule has 1 aromatic carbocycles. The van der Waals surface area contributed by atoms with E-state index in [1.165, 1.54) is 25.7 Å². The van der Waals surface area contributed by atoms with E-state index >= 15 is 0 Å². The summed E-state index contributed by atoms with van der Waals surface area (Å²) in [6, 6.07) is 9.60. The number of methoxy groups -OCH3 is 1. The monoisotopic (exact) mass is 273 g/mol. The molecule has 0 heterocycles. The number of rotatable bonds is 4. The van der Waals surface area contributed by atoms with Gasteiger partial charge in [-0.05, 0) is 37.2 Å². The number of ether oxygens (including phenoxy) is 1. The lowest BCUT2D eigenvalue weighted by Crippen LogP contribution is -2.26. The van der Waals surface area contributed by atoms with Crippen LogP contribution in [0.2, 0.25) is 0 Å². The molecule has 0 aliphatic heterocycles. The van der Waals surface area contributed by atoms with Crippen LogP contribution in [0.1, 0.15) is 38.2 Å². The van der Waals surface area contributed by atoms with E-state index in [1.807, 2.05) is 30.3 Å². The number of hydrogen-bond donors (Lipinski definition) is 0. The number of benzene rings is 1. The van der Waals surface area contributed by atoms with Gasteiger partial charge < -0.3 is 4.74 Å². The van der Waals surface area contributed by atoms with Gasteiger partial charge in [-0.3, -0.25) is 4.99 Å². The summed E-state index contributed by atoms with van der Waals surface area (Å²) in [7, 11) is 1.43. The number of hydrogen-bond acceptors (Lipinski definition) is 3. The third-order valence-electron chi connectivity index (χ3n) is 3.83. The van der Waals surface area contributed by atoms with Crippen molar-refractivity contribution in [2.45, 2.75) is 45.1 Å². The van der Waals surface area contributed by atoms with Gasteiger partial charge in [0.2, 0.25) is 0 Å². The molecule has 1 aliphatic rings. The van der Waals surface area contributed by atoms with Crippen molar-refractivity contribution in [1.82, 2.24) is 0 Å². The Morgan fingerprint density at radius 1 is 1.40 bits per heavy atom. The molecule has 1 aromatic rings. The van der Waals surface area contributed by atoms with Crippen molar-refractivity contribution in [1.29, 1.82) is 0 Å². The molecular formula is C17H23NO2. The maximum absolute atomic E-state index is 11.9. The van der Waals surface area contributed by atoms with Gasteiger partial charge in [-0.15, -0.1) is 0 Å². The van der Waals surface area contributed by atoms with Crippen LogP contribution >= 0.6 is 0 Å². The first kappa shape index (κ1) is 14.8. The fourth-order valence-corrected chi connectivity index (χ4v) is 2.75. The first-order valence-electron chi connectivity index (χ1n) is 7.36. The molecule has 0 bridgehead atoms. The van der Waals surface area contributed by atoms with E-state index in [0.29, 0.717) is 12.3 Å². The largest absolute Gasteiger partial charge is 0.467 e. The minimum atomic E-state index is -0.400. The highest BCUT2D eigenvalue weighted by molar-refractivity contribution is 5.88. The Morgan fingerprint density at radius 2 is 2.15 bits per heavy atom. The molecule has 1 fully saturated rings. The SMILES string of the molecule is COC(=O)[C@H](Cc1ccccc1)N=C1CCC[C@@H](C)C1. The van der Waals surface area contributed by atoms with Crippen LogP contribution < -0.4 is 0 Å². The average Bonchev–Trinajstić information content (AvgIpc) is 2.47. The second kappa shape index (κ2) is 7.22. The highest BCUT2D eigenvalue weighted by Crippen LogP contribution is 2.22. The third-order valence-corrected chi connectivity index (χ3v) is 3.83. The molecule has 20 heavy (non-hydrogen) atoms. The molecule has 1 aliphatic carbocycles. The Labute approximate surface area is 121 Å². The lowest BCUT2D eigenvalue weighted by molar-refractivity contribution is -0.142. The van der Waals surface area contributed by atoms with Crippen LogP contribution in [0, 0.1) is 5.92 Å². The zero-order chi connectivity index (χ0) is 14.4. The number of carbonyl (C=O) groups is 1. The molecule has 108 valence electrons. The smallest absolute Gasteiger partial charge is 0.330 e. The van der Waals surface area contributed by atoms with E-state index in [1.54, 1.807) is 0 Å². The molecule has 0 spiro atoms. The Morgan fingerprint density at radius 3 is 2.80 bits per heavy atom. The normalized spacial score (nSPS) is 22.5. The molecule has 2 rings (SSSR count). The number of aliphatic imine (C=N–C) groups is 1. The van der Waals surface area contributed by atoms with Gasteiger partial charge in [0.05, 0.1) is 7.11 Å².